The summed E-state index contributed by atoms with van der Waals surface area (Å²) in [6.07, 6.45) is 2.34. The van der Waals surface area contributed by atoms with Crippen LogP contribution in [-0.4, -0.2) is 38.4 Å². The molecule has 2 atom stereocenters. The summed E-state index contributed by atoms with van der Waals surface area (Å²) < 4.78 is 22.6. The third-order valence-electron chi connectivity index (χ3n) is 9.86. The van der Waals surface area contributed by atoms with Crippen LogP contribution in [0.3, 0.4) is 0 Å². The number of esters is 2. The highest BCUT2D eigenvalue weighted by molar-refractivity contribution is 5.92. The first-order valence-electron chi connectivity index (χ1n) is 17.9. The molecule has 6 nitrogen and oxygen atoms in total. The van der Waals surface area contributed by atoms with Crippen LogP contribution in [0.15, 0.2) is 147 Å². The molecule has 0 amide bonds. The van der Waals surface area contributed by atoms with E-state index in [2.05, 4.69) is 122 Å². The van der Waals surface area contributed by atoms with Gasteiger partial charge in [0.1, 0.15) is 11.5 Å². The van der Waals surface area contributed by atoms with Crippen LogP contribution in [0.1, 0.15) is 36.1 Å². The normalized spacial score (nSPS) is 13.7. The van der Waals surface area contributed by atoms with E-state index in [1.807, 2.05) is 26.0 Å². The number of carbonyl (C=O) groups excluding carboxylic acids is 2. The van der Waals surface area contributed by atoms with Crippen LogP contribution in [-0.2, 0) is 24.5 Å². The van der Waals surface area contributed by atoms with Crippen molar-refractivity contribution in [3.63, 3.8) is 0 Å². The maximum absolute atomic E-state index is 11.5. The lowest BCUT2D eigenvalue weighted by Crippen LogP contribution is -2.28. The van der Waals surface area contributed by atoms with E-state index in [1.54, 1.807) is 0 Å². The van der Waals surface area contributed by atoms with Gasteiger partial charge in [0.25, 0.3) is 0 Å². The molecule has 0 N–H and O–H groups in total. The zero-order valence-corrected chi connectivity index (χ0v) is 30.0. The van der Waals surface area contributed by atoms with Gasteiger partial charge in [0.05, 0.1) is 31.8 Å². The topological polar surface area (TPSA) is 71.1 Å². The van der Waals surface area contributed by atoms with Crippen LogP contribution < -0.4 is 9.47 Å². The van der Waals surface area contributed by atoms with Gasteiger partial charge in [0.2, 0.25) is 0 Å². The van der Waals surface area contributed by atoms with Gasteiger partial charge in [-0.25, -0.2) is 9.59 Å². The third-order valence-corrected chi connectivity index (χ3v) is 9.86. The van der Waals surface area contributed by atoms with Crippen LogP contribution in [0.2, 0.25) is 0 Å². The predicted molar refractivity (Wildman–Crippen MR) is 210 cm³/mol. The van der Waals surface area contributed by atoms with Crippen molar-refractivity contribution in [1.29, 1.82) is 0 Å². The van der Waals surface area contributed by atoms with Gasteiger partial charge in [0, 0.05) is 24.0 Å². The molecule has 1 aliphatic rings. The minimum atomic E-state index is -0.559. The van der Waals surface area contributed by atoms with Crippen LogP contribution in [0.5, 0.6) is 11.5 Å². The predicted octanol–water partition coefficient (Wildman–Crippen LogP) is 9.84. The molecule has 7 rings (SSSR count). The molecule has 0 spiro atoms. The summed E-state index contributed by atoms with van der Waals surface area (Å²) in [5.74, 6) is 0.734. The molecule has 2 unspecified atom stereocenters. The molecule has 0 bridgehead atoms. The lowest BCUT2D eigenvalue weighted by molar-refractivity contribution is -0.140. The summed E-state index contributed by atoms with van der Waals surface area (Å²) in [6.45, 7) is 12.2. The van der Waals surface area contributed by atoms with E-state index in [0.29, 0.717) is 13.2 Å². The molecular formula is C47H42O6. The van der Waals surface area contributed by atoms with Gasteiger partial charge in [-0.05, 0) is 91.3 Å². The van der Waals surface area contributed by atoms with E-state index < -0.39 is 17.4 Å². The largest absolute Gasteiger partial charge is 0.493 e. The van der Waals surface area contributed by atoms with Crippen molar-refractivity contribution in [2.45, 2.75) is 19.3 Å². The number of ether oxygens (including phenoxy) is 4. The first-order valence-corrected chi connectivity index (χ1v) is 17.9. The molecule has 0 fully saturated rings. The Hall–Kier alpha value is -6.14. The molecular weight excluding hydrogens is 661 g/mol. The molecule has 6 heteroatoms. The van der Waals surface area contributed by atoms with E-state index in [-0.39, 0.29) is 25.0 Å². The molecule has 0 radical (unpaired) electrons. The first-order chi connectivity index (χ1) is 25.8. The fourth-order valence-electron chi connectivity index (χ4n) is 7.26. The molecule has 0 saturated heterocycles. The van der Waals surface area contributed by atoms with Gasteiger partial charge in [-0.1, -0.05) is 112 Å². The number of fused-ring (bicyclic) bond motifs is 5. The summed E-state index contributed by atoms with van der Waals surface area (Å²) >= 11 is 0. The highest BCUT2D eigenvalue weighted by atomic mass is 16.5. The molecule has 0 saturated carbocycles. The standard InChI is InChI=1S/C47H42O6/c1-5-45(48)52-29-31(3)27-50-39-21-17-33-23-37(19-15-35(33)25-39)47(43-13-9-7-11-41(43)42-12-8-10-14-44(42)47)38-20-16-36-26-40(22-18-34(36)24-38)51-28-32(4)30-53-46(49)6-2/h5-26,31-32H,1-2,27-30H2,3-4H3. The van der Waals surface area contributed by atoms with Gasteiger partial charge in [-0.15, -0.1) is 0 Å². The highest BCUT2D eigenvalue weighted by Crippen LogP contribution is 2.56. The van der Waals surface area contributed by atoms with Gasteiger partial charge >= 0.3 is 11.9 Å². The average molecular weight is 703 g/mol. The molecule has 53 heavy (non-hydrogen) atoms. The Kier molecular flexibility index (Phi) is 10.1. The average Bonchev–Trinajstić information content (AvgIpc) is 3.50. The molecule has 0 aliphatic heterocycles. The monoisotopic (exact) mass is 702 g/mol. The molecule has 6 aromatic rings. The van der Waals surface area contributed by atoms with E-state index in [9.17, 15) is 9.59 Å². The van der Waals surface area contributed by atoms with E-state index in [1.165, 1.54) is 45.5 Å². The lowest BCUT2D eigenvalue weighted by Gasteiger charge is -2.34. The summed E-state index contributed by atoms with van der Waals surface area (Å²) in [5.41, 5.74) is 6.76. The number of hydrogen-bond donors (Lipinski definition) is 0. The number of carbonyl (C=O) groups is 2. The van der Waals surface area contributed by atoms with Crippen LogP contribution in [0.25, 0.3) is 32.7 Å². The Morgan fingerprint density at radius 3 is 1.38 bits per heavy atom. The van der Waals surface area contributed by atoms with Gasteiger partial charge in [0.15, 0.2) is 0 Å². The van der Waals surface area contributed by atoms with Crippen molar-refractivity contribution >= 4 is 33.5 Å². The van der Waals surface area contributed by atoms with Crippen molar-refractivity contribution in [1.82, 2.24) is 0 Å². The van der Waals surface area contributed by atoms with Crippen molar-refractivity contribution in [2.75, 3.05) is 26.4 Å². The molecule has 0 aromatic heterocycles. The summed E-state index contributed by atoms with van der Waals surface area (Å²) in [5, 5.41) is 4.37. The second-order valence-corrected chi connectivity index (χ2v) is 13.8. The van der Waals surface area contributed by atoms with Crippen molar-refractivity contribution in [3.05, 3.63) is 169 Å². The molecule has 1 aliphatic carbocycles. The summed E-state index contributed by atoms with van der Waals surface area (Å²) in [4.78, 5) is 22.9. The lowest BCUT2D eigenvalue weighted by atomic mass is 9.67. The molecule has 6 aromatic carbocycles. The Morgan fingerprint density at radius 1 is 0.547 bits per heavy atom. The highest BCUT2D eigenvalue weighted by Gasteiger charge is 2.46. The zero-order valence-electron chi connectivity index (χ0n) is 30.0. The van der Waals surface area contributed by atoms with Crippen molar-refractivity contribution in [3.8, 4) is 22.6 Å². The Bertz CT molecular complexity index is 2170. The number of benzene rings is 6. The SMILES string of the molecule is C=CC(=O)OCC(C)COc1ccc2cc(C3(c4ccc5cc(OCC(C)COC(=O)C=C)ccc5c4)c4ccccc4-c4ccccc43)ccc2c1. The van der Waals surface area contributed by atoms with E-state index in [0.717, 1.165) is 33.0 Å². The van der Waals surface area contributed by atoms with Crippen LogP contribution in [0, 0.1) is 11.8 Å². The van der Waals surface area contributed by atoms with Gasteiger partial charge in [-0.3, -0.25) is 0 Å². The maximum atomic E-state index is 11.5. The van der Waals surface area contributed by atoms with E-state index >= 15 is 0 Å². The third kappa shape index (κ3) is 7.05. The summed E-state index contributed by atoms with van der Waals surface area (Å²) in [6, 6.07) is 43.3. The zero-order chi connectivity index (χ0) is 37.0. The second-order valence-electron chi connectivity index (χ2n) is 13.8. The molecule has 266 valence electrons. The quantitative estimate of drug-likeness (QED) is 0.0830. The van der Waals surface area contributed by atoms with Crippen LogP contribution >= 0.6 is 0 Å². The molecule has 0 heterocycles. The minimum Gasteiger partial charge on any atom is -0.493 e. The Balaban J connectivity index is 1.23. The smallest absolute Gasteiger partial charge is 0.330 e. The minimum absolute atomic E-state index is 0.0321. The van der Waals surface area contributed by atoms with Crippen molar-refractivity contribution in [2.24, 2.45) is 11.8 Å². The van der Waals surface area contributed by atoms with Gasteiger partial charge in [-0.2, -0.15) is 0 Å². The number of rotatable bonds is 14. The van der Waals surface area contributed by atoms with Crippen LogP contribution in [0.4, 0.5) is 0 Å². The fraction of sp³-hybridized carbons (Fsp3) is 0.191. The van der Waals surface area contributed by atoms with Crippen molar-refractivity contribution < 1.29 is 28.5 Å². The first kappa shape index (κ1) is 35.3. The van der Waals surface area contributed by atoms with E-state index in [4.69, 9.17) is 18.9 Å². The Labute approximate surface area is 310 Å². The fourth-order valence-corrected chi connectivity index (χ4v) is 7.26. The van der Waals surface area contributed by atoms with Gasteiger partial charge < -0.3 is 18.9 Å². The Morgan fingerprint density at radius 2 is 0.943 bits per heavy atom. The summed E-state index contributed by atoms with van der Waals surface area (Å²) in [7, 11) is 0. The second kappa shape index (κ2) is 15.2. The maximum Gasteiger partial charge on any atom is 0.330 e. The number of hydrogen-bond acceptors (Lipinski definition) is 6.